The SMILES string of the molecule is Cc1cc(C)c(NC(=O)[C@@H](C)[NH+](C)Cc2ccc(Cl)c(Cl)c2)c(C)c1. The Morgan fingerprint density at radius 3 is 2.24 bits per heavy atom. The van der Waals surface area contributed by atoms with Crippen molar-refractivity contribution < 1.29 is 9.69 Å². The van der Waals surface area contributed by atoms with Gasteiger partial charge in [-0.2, -0.15) is 0 Å². The zero-order chi connectivity index (χ0) is 18.7. The van der Waals surface area contributed by atoms with Gasteiger partial charge in [0.25, 0.3) is 5.91 Å². The molecule has 0 bridgehead atoms. The van der Waals surface area contributed by atoms with E-state index in [4.69, 9.17) is 23.2 Å². The molecule has 2 aromatic carbocycles. The fraction of sp³-hybridized carbons (Fsp3) is 0.350. The Balaban J connectivity index is 2.07. The molecule has 2 rings (SSSR count). The minimum atomic E-state index is -0.199. The number of benzene rings is 2. The molecule has 2 N–H and O–H groups in total. The Morgan fingerprint density at radius 1 is 1.08 bits per heavy atom. The highest BCUT2D eigenvalue weighted by molar-refractivity contribution is 6.42. The predicted molar refractivity (Wildman–Crippen MR) is 106 cm³/mol. The van der Waals surface area contributed by atoms with Gasteiger partial charge in [-0.05, 0) is 51.0 Å². The van der Waals surface area contributed by atoms with Crippen LogP contribution in [-0.4, -0.2) is 19.0 Å². The molecule has 0 spiro atoms. The summed E-state index contributed by atoms with van der Waals surface area (Å²) >= 11 is 12.0. The lowest BCUT2D eigenvalue weighted by Gasteiger charge is -2.22. The van der Waals surface area contributed by atoms with Gasteiger partial charge >= 0.3 is 0 Å². The van der Waals surface area contributed by atoms with E-state index in [1.54, 1.807) is 6.07 Å². The molecule has 1 unspecified atom stereocenters. The van der Waals surface area contributed by atoms with Gasteiger partial charge in [0.2, 0.25) is 0 Å². The van der Waals surface area contributed by atoms with Crippen molar-refractivity contribution in [2.75, 3.05) is 12.4 Å². The quantitative estimate of drug-likeness (QED) is 0.809. The number of amides is 1. The van der Waals surface area contributed by atoms with Crippen molar-refractivity contribution in [3.8, 4) is 0 Å². The summed E-state index contributed by atoms with van der Waals surface area (Å²) in [5, 5.41) is 4.16. The van der Waals surface area contributed by atoms with E-state index in [9.17, 15) is 4.79 Å². The van der Waals surface area contributed by atoms with Crippen molar-refractivity contribution in [2.45, 2.75) is 40.3 Å². The molecule has 3 nitrogen and oxygen atoms in total. The monoisotopic (exact) mass is 379 g/mol. The first-order chi connectivity index (χ1) is 11.7. The lowest BCUT2D eigenvalue weighted by molar-refractivity contribution is -0.907. The molecule has 2 aromatic rings. The van der Waals surface area contributed by atoms with Crippen molar-refractivity contribution in [3.05, 3.63) is 62.6 Å². The first-order valence-corrected chi connectivity index (χ1v) is 9.09. The fourth-order valence-electron chi connectivity index (χ4n) is 2.96. The Morgan fingerprint density at radius 2 is 1.68 bits per heavy atom. The Bertz CT molecular complexity index is 766. The van der Waals surface area contributed by atoms with Crippen LogP contribution in [0.4, 0.5) is 5.69 Å². The number of likely N-dealkylation sites (N-methyl/N-ethyl adjacent to an activating group) is 1. The molecule has 0 heterocycles. The standard InChI is InChI=1S/C20H24Cl2N2O/c1-12-8-13(2)19(14(3)9-12)23-20(25)15(4)24(5)11-16-6-7-17(21)18(22)10-16/h6-10,15H,11H2,1-5H3,(H,23,25)/p+1/t15-/m1/s1. The number of rotatable bonds is 5. The molecular formula is C20H25Cl2N2O+. The Hall–Kier alpha value is -1.55. The fourth-order valence-corrected chi connectivity index (χ4v) is 3.28. The largest absolute Gasteiger partial charge is 0.324 e. The van der Waals surface area contributed by atoms with Gasteiger partial charge in [0.1, 0.15) is 6.54 Å². The lowest BCUT2D eigenvalue weighted by Crippen LogP contribution is -3.12. The van der Waals surface area contributed by atoms with Crippen molar-refractivity contribution in [1.82, 2.24) is 0 Å². The second-order valence-corrected chi connectivity index (χ2v) is 7.57. The van der Waals surface area contributed by atoms with Crippen LogP contribution in [0.25, 0.3) is 0 Å². The van der Waals surface area contributed by atoms with Gasteiger partial charge in [-0.3, -0.25) is 4.79 Å². The number of hydrogen-bond acceptors (Lipinski definition) is 1. The summed E-state index contributed by atoms with van der Waals surface area (Å²) in [7, 11) is 2.00. The summed E-state index contributed by atoms with van der Waals surface area (Å²) in [5.74, 6) is 0.00705. The topological polar surface area (TPSA) is 33.5 Å². The van der Waals surface area contributed by atoms with Crippen molar-refractivity contribution in [2.24, 2.45) is 0 Å². The van der Waals surface area contributed by atoms with Gasteiger partial charge < -0.3 is 10.2 Å². The van der Waals surface area contributed by atoms with Crippen molar-refractivity contribution in [1.29, 1.82) is 0 Å². The molecule has 0 radical (unpaired) electrons. The van der Waals surface area contributed by atoms with E-state index in [0.717, 1.165) is 27.3 Å². The van der Waals surface area contributed by atoms with Crippen LogP contribution >= 0.6 is 23.2 Å². The van der Waals surface area contributed by atoms with E-state index in [-0.39, 0.29) is 11.9 Å². The summed E-state index contributed by atoms with van der Waals surface area (Å²) in [4.78, 5) is 13.8. The van der Waals surface area contributed by atoms with Gasteiger partial charge in [0.15, 0.2) is 6.04 Å². The van der Waals surface area contributed by atoms with Gasteiger partial charge in [-0.25, -0.2) is 0 Å². The van der Waals surface area contributed by atoms with E-state index in [1.807, 2.05) is 40.0 Å². The number of aryl methyl sites for hydroxylation is 3. The molecule has 0 aliphatic rings. The Labute approximate surface area is 159 Å². The maximum absolute atomic E-state index is 12.7. The molecule has 134 valence electrons. The summed E-state index contributed by atoms with van der Waals surface area (Å²) in [6.07, 6.45) is 0. The third kappa shape index (κ3) is 4.97. The highest BCUT2D eigenvalue weighted by Crippen LogP contribution is 2.23. The molecule has 0 aromatic heterocycles. The lowest BCUT2D eigenvalue weighted by atomic mass is 10.0. The molecule has 0 fully saturated rings. The van der Waals surface area contributed by atoms with E-state index < -0.39 is 0 Å². The first kappa shape index (κ1) is 19.8. The third-order valence-electron chi connectivity index (χ3n) is 4.52. The third-order valence-corrected chi connectivity index (χ3v) is 5.26. The maximum Gasteiger partial charge on any atom is 0.282 e. The summed E-state index contributed by atoms with van der Waals surface area (Å²) in [6.45, 7) is 8.72. The summed E-state index contributed by atoms with van der Waals surface area (Å²) in [6, 6.07) is 9.55. The number of nitrogens with one attached hydrogen (secondary N) is 2. The zero-order valence-electron chi connectivity index (χ0n) is 15.3. The molecule has 2 atom stereocenters. The van der Waals surface area contributed by atoms with E-state index in [1.165, 1.54) is 5.56 Å². The molecule has 1 amide bonds. The summed E-state index contributed by atoms with van der Waals surface area (Å²) < 4.78 is 0. The average Bonchev–Trinajstić information content (AvgIpc) is 2.53. The highest BCUT2D eigenvalue weighted by atomic mass is 35.5. The van der Waals surface area contributed by atoms with Crippen molar-refractivity contribution in [3.63, 3.8) is 0 Å². The number of carbonyl (C=O) groups excluding carboxylic acids is 1. The number of carbonyl (C=O) groups is 1. The Kier molecular flexibility index (Phi) is 6.50. The van der Waals surface area contributed by atoms with Gasteiger partial charge in [0.05, 0.1) is 17.1 Å². The van der Waals surface area contributed by atoms with Crippen LogP contribution in [-0.2, 0) is 11.3 Å². The van der Waals surface area contributed by atoms with E-state index >= 15 is 0 Å². The maximum atomic E-state index is 12.7. The van der Waals surface area contributed by atoms with Gasteiger partial charge in [-0.1, -0.05) is 47.0 Å². The number of quaternary nitrogens is 1. The normalized spacial score (nSPS) is 13.4. The smallest absolute Gasteiger partial charge is 0.282 e. The van der Waals surface area contributed by atoms with Gasteiger partial charge in [-0.15, -0.1) is 0 Å². The van der Waals surface area contributed by atoms with Crippen LogP contribution in [0.15, 0.2) is 30.3 Å². The number of anilines is 1. The van der Waals surface area contributed by atoms with Crippen LogP contribution < -0.4 is 10.2 Å². The zero-order valence-corrected chi connectivity index (χ0v) is 16.8. The van der Waals surface area contributed by atoms with Crippen LogP contribution in [0.3, 0.4) is 0 Å². The van der Waals surface area contributed by atoms with Crippen LogP contribution in [0.1, 0.15) is 29.2 Å². The van der Waals surface area contributed by atoms with E-state index in [2.05, 4.69) is 24.4 Å². The number of hydrogen-bond donors (Lipinski definition) is 2. The van der Waals surface area contributed by atoms with Crippen LogP contribution in [0, 0.1) is 20.8 Å². The molecule has 0 aliphatic carbocycles. The molecule has 0 saturated heterocycles. The second kappa shape index (κ2) is 8.22. The molecule has 0 aliphatic heterocycles. The number of halogens is 2. The molecule has 0 saturated carbocycles. The first-order valence-electron chi connectivity index (χ1n) is 8.34. The molecular weight excluding hydrogens is 355 g/mol. The predicted octanol–water partition coefficient (Wildman–Crippen LogP) is 3.96. The van der Waals surface area contributed by atoms with E-state index in [0.29, 0.717) is 16.6 Å². The van der Waals surface area contributed by atoms with Crippen LogP contribution in [0.2, 0.25) is 10.0 Å². The van der Waals surface area contributed by atoms with Crippen LogP contribution in [0.5, 0.6) is 0 Å². The summed E-state index contributed by atoms with van der Waals surface area (Å²) in [5.41, 5.74) is 5.32. The second-order valence-electron chi connectivity index (χ2n) is 6.76. The molecule has 5 heteroatoms. The average molecular weight is 380 g/mol. The van der Waals surface area contributed by atoms with Crippen molar-refractivity contribution >= 4 is 34.8 Å². The highest BCUT2D eigenvalue weighted by Gasteiger charge is 2.23. The van der Waals surface area contributed by atoms with Gasteiger partial charge in [0, 0.05) is 11.3 Å². The minimum Gasteiger partial charge on any atom is -0.324 e. The molecule has 25 heavy (non-hydrogen) atoms. The minimum absolute atomic E-state index is 0.00705.